The average Bonchev–Trinajstić information content (AvgIpc) is 2.81. The molecule has 0 spiro atoms. The van der Waals surface area contributed by atoms with E-state index in [9.17, 15) is 8.78 Å². The van der Waals surface area contributed by atoms with Crippen LogP contribution in [-0.4, -0.2) is 14.1 Å². The van der Waals surface area contributed by atoms with Crippen LogP contribution in [0.25, 0.3) is 0 Å². The molecule has 0 aliphatic carbocycles. The van der Waals surface area contributed by atoms with E-state index in [2.05, 4.69) is 5.32 Å². The van der Waals surface area contributed by atoms with Gasteiger partial charge in [0.2, 0.25) is 0 Å². The first-order chi connectivity index (χ1) is 9.11. The molecule has 0 saturated heterocycles. The fourth-order valence-electron chi connectivity index (χ4n) is 2.02. The number of hydrogen-bond donors (Lipinski definition) is 1. The van der Waals surface area contributed by atoms with Crippen LogP contribution in [0, 0.1) is 11.6 Å². The summed E-state index contributed by atoms with van der Waals surface area (Å²) in [5.41, 5.74) is 1.42. The molecule has 5 heteroatoms. The molecule has 1 N–H and O–H groups in total. The summed E-state index contributed by atoms with van der Waals surface area (Å²) in [4.78, 5) is 1.53. The molecule has 0 amide bonds. The quantitative estimate of drug-likeness (QED) is 0.902. The van der Waals surface area contributed by atoms with Crippen molar-refractivity contribution in [3.05, 3.63) is 53.5 Å². The molecule has 0 radical (unpaired) electrons. The van der Waals surface area contributed by atoms with Gasteiger partial charge in [0.25, 0.3) is 0 Å². The maximum absolute atomic E-state index is 14.0. The lowest BCUT2D eigenvalue weighted by molar-refractivity contribution is 0.559. The fourth-order valence-corrected chi connectivity index (χ4v) is 2.02. The van der Waals surface area contributed by atoms with Gasteiger partial charge in [-0.2, -0.15) is 0 Å². The van der Waals surface area contributed by atoms with Crippen LogP contribution in [0.5, 0.6) is 0 Å². The molecule has 19 heavy (non-hydrogen) atoms. The number of nitrogens with one attached hydrogen (secondary N) is 1. The molecular weight excluding hydrogens is 250 g/mol. The largest absolute Gasteiger partial charge is 0.472 e. The van der Waals surface area contributed by atoms with Crippen molar-refractivity contribution in [2.24, 2.45) is 0 Å². The van der Waals surface area contributed by atoms with E-state index in [1.807, 2.05) is 0 Å². The van der Waals surface area contributed by atoms with Crippen molar-refractivity contribution in [1.29, 1.82) is 0 Å². The van der Waals surface area contributed by atoms with Gasteiger partial charge in [0.1, 0.15) is 17.3 Å². The van der Waals surface area contributed by atoms with Crippen molar-refractivity contribution in [2.45, 2.75) is 13.1 Å². The highest BCUT2D eigenvalue weighted by molar-refractivity contribution is 5.50. The molecule has 2 rings (SSSR count). The van der Waals surface area contributed by atoms with E-state index < -0.39 is 11.6 Å². The Morgan fingerprint density at radius 2 is 1.89 bits per heavy atom. The van der Waals surface area contributed by atoms with Crippen molar-refractivity contribution in [3.63, 3.8) is 0 Å². The Labute approximate surface area is 110 Å². The predicted molar refractivity (Wildman–Crippen MR) is 69.9 cm³/mol. The Morgan fingerprint density at radius 3 is 2.42 bits per heavy atom. The van der Waals surface area contributed by atoms with Crippen molar-refractivity contribution >= 4 is 5.69 Å². The number of hydrogen-bond acceptors (Lipinski definition) is 3. The van der Waals surface area contributed by atoms with E-state index >= 15 is 0 Å². The fraction of sp³-hybridized carbons (Fsp3) is 0.286. The minimum atomic E-state index is -0.559. The van der Waals surface area contributed by atoms with Gasteiger partial charge in [0.15, 0.2) is 0 Å². The normalized spacial score (nSPS) is 10.7. The van der Waals surface area contributed by atoms with Crippen LogP contribution in [0.15, 0.2) is 35.1 Å². The Hall–Kier alpha value is -1.88. The van der Waals surface area contributed by atoms with Crippen LogP contribution >= 0.6 is 0 Å². The Balaban J connectivity index is 2.23. The lowest BCUT2D eigenvalue weighted by Gasteiger charge is -2.20. The van der Waals surface area contributed by atoms with E-state index in [1.165, 1.54) is 23.3 Å². The molecule has 0 unspecified atom stereocenters. The van der Waals surface area contributed by atoms with Crippen LogP contribution in [0.4, 0.5) is 14.5 Å². The molecule has 1 aromatic heterocycles. The SMILES string of the molecule is CNCc1cc(F)c(N(C)Cc2ccoc2)c(F)c1. The molecule has 0 aliphatic heterocycles. The summed E-state index contributed by atoms with van der Waals surface area (Å²) < 4.78 is 32.9. The molecule has 1 aromatic carbocycles. The molecule has 1 heterocycles. The summed E-state index contributed by atoms with van der Waals surface area (Å²) in [5.74, 6) is -1.12. The lowest BCUT2D eigenvalue weighted by Crippen LogP contribution is -2.19. The van der Waals surface area contributed by atoms with Gasteiger partial charge in [-0.25, -0.2) is 8.78 Å². The topological polar surface area (TPSA) is 28.4 Å². The maximum atomic E-state index is 14.0. The van der Waals surface area contributed by atoms with E-state index in [0.717, 1.165) is 5.56 Å². The molecule has 102 valence electrons. The summed E-state index contributed by atoms with van der Waals surface area (Å²) in [6.07, 6.45) is 3.09. The van der Waals surface area contributed by atoms with Crippen molar-refractivity contribution < 1.29 is 13.2 Å². The number of benzene rings is 1. The van der Waals surface area contributed by atoms with E-state index in [1.54, 1.807) is 26.4 Å². The third kappa shape index (κ3) is 3.12. The number of anilines is 1. The summed E-state index contributed by atoms with van der Waals surface area (Å²) >= 11 is 0. The van der Waals surface area contributed by atoms with Crippen LogP contribution in [-0.2, 0) is 13.1 Å². The van der Waals surface area contributed by atoms with Crippen LogP contribution < -0.4 is 10.2 Å². The second kappa shape index (κ2) is 5.84. The van der Waals surface area contributed by atoms with E-state index in [0.29, 0.717) is 18.7 Å². The molecular formula is C14H16F2N2O. The standard InChI is InChI=1S/C14H16F2N2O/c1-17-7-11-5-12(15)14(13(16)6-11)18(2)8-10-3-4-19-9-10/h3-6,9,17H,7-8H2,1-2H3. The van der Waals surface area contributed by atoms with Gasteiger partial charge in [0, 0.05) is 25.7 Å². The Bertz CT molecular complexity index is 517. The van der Waals surface area contributed by atoms with Gasteiger partial charge in [-0.05, 0) is 30.8 Å². The highest BCUT2D eigenvalue weighted by atomic mass is 19.1. The molecule has 0 aliphatic rings. The zero-order chi connectivity index (χ0) is 13.8. The lowest BCUT2D eigenvalue weighted by atomic mass is 10.1. The molecule has 0 bridgehead atoms. The Kier molecular flexibility index (Phi) is 4.16. The summed E-state index contributed by atoms with van der Waals surface area (Å²) in [5, 5.41) is 2.86. The Morgan fingerprint density at radius 1 is 1.21 bits per heavy atom. The van der Waals surface area contributed by atoms with Crippen LogP contribution in [0.2, 0.25) is 0 Å². The van der Waals surface area contributed by atoms with Gasteiger partial charge >= 0.3 is 0 Å². The second-order valence-corrected chi connectivity index (χ2v) is 4.43. The molecule has 0 atom stereocenters. The zero-order valence-electron chi connectivity index (χ0n) is 10.9. The molecule has 0 fully saturated rings. The first kappa shape index (κ1) is 13.5. The molecule has 3 nitrogen and oxygen atoms in total. The van der Waals surface area contributed by atoms with Gasteiger partial charge < -0.3 is 14.6 Å². The summed E-state index contributed by atoms with van der Waals surface area (Å²) in [6, 6.07) is 4.46. The van der Waals surface area contributed by atoms with Gasteiger partial charge in [-0.15, -0.1) is 0 Å². The number of furan rings is 1. The second-order valence-electron chi connectivity index (χ2n) is 4.43. The van der Waals surface area contributed by atoms with Gasteiger partial charge in [-0.3, -0.25) is 0 Å². The smallest absolute Gasteiger partial charge is 0.149 e. The van der Waals surface area contributed by atoms with Crippen LogP contribution in [0.1, 0.15) is 11.1 Å². The third-order valence-corrected chi connectivity index (χ3v) is 2.84. The number of nitrogens with zero attached hydrogens (tertiary/aromatic N) is 1. The van der Waals surface area contributed by atoms with Gasteiger partial charge in [0.05, 0.1) is 12.5 Å². The van der Waals surface area contributed by atoms with Crippen molar-refractivity contribution in [3.8, 4) is 0 Å². The minimum absolute atomic E-state index is 0.0268. The van der Waals surface area contributed by atoms with Crippen molar-refractivity contribution in [1.82, 2.24) is 5.32 Å². The highest BCUT2D eigenvalue weighted by Gasteiger charge is 2.15. The monoisotopic (exact) mass is 266 g/mol. The minimum Gasteiger partial charge on any atom is -0.472 e. The van der Waals surface area contributed by atoms with E-state index in [4.69, 9.17) is 4.42 Å². The first-order valence-corrected chi connectivity index (χ1v) is 5.96. The van der Waals surface area contributed by atoms with E-state index in [-0.39, 0.29) is 5.69 Å². The predicted octanol–water partition coefficient (Wildman–Crippen LogP) is 2.91. The van der Waals surface area contributed by atoms with Crippen molar-refractivity contribution in [2.75, 3.05) is 19.0 Å². The molecule has 2 aromatic rings. The van der Waals surface area contributed by atoms with Gasteiger partial charge in [-0.1, -0.05) is 0 Å². The third-order valence-electron chi connectivity index (χ3n) is 2.84. The highest BCUT2D eigenvalue weighted by Crippen LogP contribution is 2.25. The van der Waals surface area contributed by atoms with Crippen LogP contribution in [0.3, 0.4) is 0 Å². The zero-order valence-corrected chi connectivity index (χ0v) is 10.9. The number of rotatable bonds is 5. The maximum Gasteiger partial charge on any atom is 0.149 e. The average molecular weight is 266 g/mol. The molecule has 0 saturated carbocycles. The summed E-state index contributed by atoms with van der Waals surface area (Å²) in [6.45, 7) is 0.815. The summed E-state index contributed by atoms with van der Waals surface area (Å²) in [7, 11) is 3.38. The number of halogens is 2. The first-order valence-electron chi connectivity index (χ1n) is 5.96.